The topological polar surface area (TPSA) is 121 Å². The highest BCUT2D eigenvalue weighted by Crippen LogP contribution is 2.36. The van der Waals surface area contributed by atoms with Crippen LogP contribution in [0.15, 0.2) is 54.7 Å². The van der Waals surface area contributed by atoms with Crippen molar-refractivity contribution in [3.05, 3.63) is 71.3 Å². The van der Waals surface area contributed by atoms with Crippen molar-refractivity contribution in [1.82, 2.24) is 9.88 Å². The number of amides is 4. The van der Waals surface area contributed by atoms with E-state index in [1.165, 1.54) is 30.2 Å². The van der Waals surface area contributed by atoms with E-state index in [1.54, 1.807) is 30.5 Å². The zero-order valence-electron chi connectivity index (χ0n) is 23.0. The molecule has 5 rings (SSSR count). The summed E-state index contributed by atoms with van der Waals surface area (Å²) < 4.78 is 19.4. The van der Waals surface area contributed by atoms with E-state index in [-0.39, 0.29) is 35.6 Å². The highest BCUT2D eigenvalue weighted by Gasteiger charge is 2.39. The third-order valence-corrected chi connectivity index (χ3v) is 7.85. The van der Waals surface area contributed by atoms with Gasteiger partial charge in [-0.1, -0.05) is 37.1 Å². The van der Waals surface area contributed by atoms with E-state index < -0.39 is 29.8 Å². The number of aromatic nitrogens is 1. The summed E-state index contributed by atoms with van der Waals surface area (Å²) in [6.07, 6.45) is 2.53. The molecule has 10 nitrogen and oxygen atoms in total. The minimum atomic E-state index is -0.853. The maximum atomic E-state index is 14.7. The lowest BCUT2D eigenvalue weighted by molar-refractivity contribution is -0.148. The second-order valence-corrected chi connectivity index (χ2v) is 10.6. The number of ether oxygens (including phenoxy) is 1. The third kappa shape index (κ3) is 5.78. The number of carbonyl (C=O) groups is 4. The molecule has 0 radical (unpaired) electrons. The van der Waals surface area contributed by atoms with Crippen LogP contribution in [0.4, 0.5) is 26.2 Å². The number of nitrogens with one attached hydrogen (secondary N) is 2. The number of pyridine rings is 1. The molecule has 4 amide bonds. The predicted octanol–water partition coefficient (Wildman–Crippen LogP) is 5.39. The number of rotatable bonds is 3. The van der Waals surface area contributed by atoms with Crippen LogP contribution < -0.4 is 15.5 Å². The highest BCUT2D eigenvalue weighted by atomic mass is 35.5. The van der Waals surface area contributed by atoms with Crippen molar-refractivity contribution in [3.63, 3.8) is 0 Å². The Hall–Kier alpha value is -4.51. The van der Waals surface area contributed by atoms with Crippen LogP contribution in [0.3, 0.4) is 0 Å². The van der Waals surface area contributed by atoms with Crippen molar-refractivity contribution in [2.75, 3.05) is 35.7 Å². The molecule has 1 aromatic heterocycles. The molecule has 3 heterocycles. The molecule has 2 aliphatic rings. The smallest absolute Gasteiger partial charge is 0.411 e. The molecule has 12 heteroatoms. The lowest BCUT2D eigenvalue weighted by atomic mass is 9.94. The van der Waals surface area contributed by atoms with E-state index in [1.807, 2.05) is 13.0 Å². The normalized spacial score (nSPS) is 19.3. The quantitative estimate of drug-likeness (QED) is 0.393. The Morgan fingerprint density at radius 3 is 2.69 bits per heavy atom. The molecule has 0 saturated carbocycles. The van der Waals surface area contributed by atoms with Crippen LogP contribution in [0, 0.1) is 11.7 Å². The van der Waals surface area contributed by atoms with Gasteiger partial charge in [0.2, 0.25) is 5.91 Å². The van der Waals surface area contributed by atoms with Crippen molar-refractivity contribution in [2.45, 2.75) is 32.2 Å². The zero-order chi connectivity index (χ0) is 30.0. The summed E-state index contributed by atoms with van der Waals surface area (Å²) in [6, 6.07) is 12.5. The maximum Gasteiger partial charge on any atom is 0.411 e. The van der Waals surface area contributed by atoms with Crippen LogP contribution in [0.2, 0.25) is 5.02 Å². The SMILES string of the molecule is COC(=O)Nc1ccc2c(c1)NC(=O)C(C)CCCC(N1CCN(c3cccc(Cl)c3F)C(=O)C1=O)c1cc-2ccn1. The summed E-state index contributed by atoms with van der Waals surface area (Å²) in [5.41, 5.74) is 2.86. The van der Waals surface area contributed by atoms with Crippen LogP contribution in [0.1, 0.15) is 37.9 Å². The van der Waals surface area contributed by atoms with Gasteiger partial charge < -0.3 is 15.0 Å². The number of hydrogen-bond donors (Lipinski definition) is 2. The Morgan fingerprint density at radius 1 is 1.10 bits per heavy atom. The molecule has 2 bridgehead atoms. The van der Waals surface area contributed by atoms with Crippen molar-refractivity contribution in [3.8, 4) is 11.1 Å². The van der Waals surface area contributed by atoms with Crippen LogP contribution in [0.25, 0.3) is 11.1 Å². The molecule has 2 unspecified atom stereocenters. The molecule has 2 atom stereocenters. The van der Waals surface area contributed by atoms with E-state index in [4.69, 9.17) is 11.6 Å². The van der Waals surface area contributed by atoms with Crippen LogP contribution in [-0.4, -0.2) is 53.9 Å². The molecule has 0 spiro atoms. The van der Waals surface area contributed by atoms with Gasteiger partial charge in [0.15, 0.2) is 5.82 Å². The summed E-state index contributed by atoms with van der Waals surface area (Å²) >= 11 is 5.92. The number of benzene rings is 2. The Labute approximate surface area is 246 Å². The maximum absolute atomic E-state index is 14.7. The fourth-order valence-electron chi connectivity index (χ4n) is 5.29. The first-order valence-electron chi connectivity index (χ1n) is 13.5. The first kappa shape index (κ1) is 29.0. The molecular weight excluding hydrogens is 565 g/mol. The Morgan fingerprint density at radius 2 is 1.90 bits per heavy atom. The predicted molar refractivity (Wildman–Crippen MR) is 156 cm³/mol. The van der Waals surface area contributed by atoms with Gasteiger partial charge in [-0.25, -0.2) is 9.18 Å². The number of piperazine rings is 1. The van der Waals surface area contributed by atoms with Gasteiger partial charge in [0.05, 0.1) is 35.2 Å². The number of halogens is 2. The first-order valence-corrected chi connectivity index (χ1v) is 13.9. The van der Waals surface area contributed by atoms with E-state index in [2.05, 4.69) is 20.4 Å². The molecule has 1 saturated heterocycles. The number of nitrogens with zero attached hydrogens (tertiary/aromatic N) is 3. The Bertz CT molecular complexity index is 1570. The summed E-state index contributed by atoms with van der Waals surface area (Å²) in [5.74, 6) is -2.93. The summed E-state index contributed by atoms with van der Waals surface area (Å²) in [7, 11) is 1.26. The van der Waals surface area contributed by atoms with E-state index in [0.29, 0.717) is 41.9 Å². The van der Waals surface area contributed by atoms with E-state index in [9.17, 15) is 23.6 Å². The molecule has 2 aromatic carbocycles. The molecule has 42 heavy (non-hydrogen) atoms. The van der Waals surface area contributed by atoms with E-state index >= 15 is 0 Å². The lowest BCUT2D eigenvalue weighted by Crippen LogP contribution is -2.55. The van der Waals surface area contributed by atoms with E-state index in [0.717, 1.165) is 10.5 Å². The minimum absolute atomic E-state index is 0.0446. The molecule has 2 N–H and O–H groups in total. The second kappa shape index (κ2) is 12.2. The second-order valence-electron chi connectivity index (χ2n) is 10.2. The third-order valence-electron chi connectivity index (χ3n) is 7.56. The summed E-state index contributed by atoms with van der Waals surface area (Å²) in [6.45, 7) is 2.05. The van der Waals surface area contributed by atoms with Crippen molar-refractivity contribution < 1.29 is 28.3 Å². The van der Waals surface area contributed by atoms with Crippen molar-refractivity contribution >= 4 is 52.5 Å². The number of fused-ring (bicyclic) bond motifs is 4. The van der Waals surface area contributed by atoms with Crippen molar-refractivity contribution in [1.29, 1.82) is 0 Å². The first-order chi connectivity index (χ1) is 20.2. The van der Waals surface area contributed by atoms with Gasteiger partial charge in [0.25, 0.3) is 0 Å². The van der Waals surface area contributed by atoms with Crippen LogP contribution in [0.5, 0.6) is 0 Å². The molecule has 1 fully saturated rings. The fourth-order valence-corrected chi connectivity index (χ4v) is 5.46. The number of methoxy groups -OCH3 is 1. The van der Waals surface area contributed by atoms with Gasteiger partial charge in [-0.3, -0.25) is 29.6 Å². The summed E-state index contributed by atoms with van der Waals surface area (Å²) in [5, 5.41) is 5.45. The molecule has 2 aliphatic heterocycles. The number of hydrogen-bond acceptors (Lipinski definition) is 6. The van der Waals surface area contributed by atoms with Crippen LogP contribution in [-0.2, 0) is 19.1 Å². The molecule has 218 valence electrons. The van der Waals surface area contributed by atoms with Crippen molar-refractivity contribution in [2.24, 2.45) is 5.92 Å². The zero-order valence-corrected chi connectivity index (χ0v) is 23.8. The average molecular weight is 594 g/mol. The minimum Gasteiger partial charge on any atom is -0.453 e. The Balaban J connectivity index is 1.50. The van der Waals surface area contributed by atoms with Gasteiger partial charge in [0, 0.05) is 36.5 Å². The monoisotopic (exact) mass is 593 g/mol. The standard InChI is InChI=1S/C30H29ClFN5O5/c1-17-5-3-7-24(36-13-14-37(29(40)28(36)39)25-8-4-6-21(31)26(25)32)23-15-18(11-12-33-23)20-10-9-19(34-30(41)42-2)16-22(20)35-27(17)38/h4,6,8-12,15-17,24H,3,5,7,13-14H2,1-2H3,(H,34,41)(H,35,38). The summed E-state index contributed by atoms with van der Waals surface area (Å²) in [4.78, 5) is 58.8. The molecule has 0 aliphatic carbocycles. The lowest BCUT2D eigenvalue weighted by Gasteiger charge is -2.38. The molecular formula is C30H29ClFN5O5. The van der Waals surface area contributed by atoms with Gasteiger partial charge in [-0.05, 0) is 54.8 Å². The highest BCUT2D eigenvalue weighted by molar-refractivity contribution is 6.41. The Kier molecular flexibility index (Phi) is 8.39. The van der Waals surface area contributed by atoms with Gasteiger partial charge >= 0.3 is 17.9 Å². The van der Waals surface area contributed by atoms with Gasteiger partial charge in [-0.2, -0.15) is 0 Å². The van der Waals surface area contributed by atoms with Gasteiger partial charge in [-0.15, -0.1) is 0 Å². The van der Waals surface area contributed by atoms with Crippen LogP contribution >= 0.6 is 11.6 Å². The molecule has 3 aromatic rings. The number of anilines is 3. The largest absolute Gasteiger partial charge is 0.453 e. The van der Waals surface area contributed by atoms with Gasteiger partial charge in [0.1, 0.15) is 0 Å². The number of carbonyl (C=O) groups excluding carboxylic acids is 4. The fraction of sp³-hybridized carbons (Fsp3) is 0.300. The average Bonchev–Trinajstić information content (AvgIpc) is 2.98.